The van der Waals surface area contributed by atoms with Crippen molar-refractivity contribution in [2.24, 2.45) is 0 Å². The molecule has 0 spiro atoms. The Balaban J connectivity index is 0.00000140. The Morgan fingerprint density at radius 2 is 1.07 bits per heavy atom. The minimum atomic E-state index is -0.294. The van der Waals surface area contributed by atoms with Crippen molar-refractivity contribution in [2.45, 2.75) is 41.0 Å². The van der Waals surface area contributed by atoms with E-state index in [1.165, 1.54) is 56.4 Å². The van der Waals surface area contributed by atoms with Crippen molar-refractivity contribution in [3.05, 3.63) is 70.8 Å². The van der Waals surface area contributed by atoms with Crippen LogP contribution in [0.25, 0.3) is 21.5 Å². The molecule has 0 aromatic heterocycles. The SMILES string of the molecule is CCCP(c1cc2c(C)ccc(C)c2[cH-]1)c1cc2c(C)ccc(C)c2[cH-]1.[Cl-].[Cl-].[Ti+4]. The normalized spacial score (nSPS) is 10.7. The van der Waals surface area contributed by atoms with E-state index in [-0.39, 0.29) is 54.5 Å². The number of halogens is 2. The predicted molar refractivity (Wildman–Crippen MR) is 119 cm³/mol. The molecule has 0 atom stereocenters. The Morgan fingerprint density at radius 3 is 1.41 bits per heavy atom. The second kappa shape index (κ2) is 10.6. The first-order chi connectivity index (χ1) is 12.5. The summed E-state index contributed by atoms with van der Waals surface area (Å²) in [6.45, 7) is 11.2. The fraction of sp³-hybridized carbons (Fsp3) is 0.280. The average Bonchev–Trinajstić information content (AvgIpc) is 3.25. The van der Waals surface area contributed by atoms with Gasteiger partial charge in [-0.25, -0.2) is 0 Å². The Morgan fingerprint density at radius 1 is 0.690 bits per heavy atom. The largest absolute Gasteiger partial charge is 4.00 e. The van der Waals surface area contributed by atoms with Crippen molar-refractivity contribution in [3.63, 3.8) is 0 Å². The molecule has 4 rings (SSSR count). The Kier molecular flexibility index (Phi) is 9.67. The van der Waals surface area contributed by atoms with Gasteiger partial charge >= 0.3 is 21.7 Å². The molecule has 4 aromatic carbocycles. The third-order valence-electron chi connectivity index (χ3n) is 5.69. The summed E-state index contributed by atoms with van der Waals surface area (Å²) in [7, 11) is -0.294. The van der Waals surface area contributed by atoms with Gasteiger partial charge in [0.15, 0.2) is 0 Å². The molecule has 0 fully saturated rings. The van der Waals surface area contributed by atoms with Crippen LogP contribution in [0.2, 0.25) is 0 Å². The number of aryl methyl sites for hydroxylation is 4. The van der Waals surface area contributed by atoms with Gasteiger partial charge in [0.25, 0.3) is 0 Å². The van der Waals surface area contributed by atoms with Gasteiger partial charge in [0.1, 0.15) is 0 Å². The smallest absolute Gasteiger partial charge is 1.00 e. The average molecular weight is 477 g/mol. The van der Waals surface area contributed by atoms with Gasteiger partial charge in [0.2, 0.25) is 0 Å². The van der Waals surface area contributed by atoms with Crippen molar-refractivity contribution < 1.29 is 46.5 Å². The van der Waals surface area contributed by atoms with Gasteiger partial charge in [-0.3, -0.25) is 0 Å². The van der Waals surface area contributed by atoms with Gasteiger partial charge in [-0.1, -0.05) is 58.4 Å². The summed E-state index contributed by atoms with van der Waals surface area (Å²) < 4.78 is 0. The summed E-state index contributed by atoms with van der Waals surface area (Å²) in [5.41, 5.74) is 5.57. The number of hydrogen-bond donors (Lipinski definition) is 0. The first-order valence-electron chi connectivity index (χ1n) is 9.60. The van der Waals surface area contributed by atoms with Crippen LogP contribution < -0.4 is 35.4 Å². The maximum atomic E-state index is 2.47. The predicted octanol–water partition coefficient (Wildman–Crippen LogP) is 0.513. The van der Waals surface area contributed by atoms with Gasteiger partial charge in [0, 0.05) is 0 Å². The molecule has 0 bridgehead atoms. The fourth-order valence-electron chi connectivity index (χ4n) is 4.09. The number of hydrogen-bond acceptors (Lipinski definition) is 0. The van der Waals surface area contributed by atoms with Crippen LogP contribution in [0.5, 0.6) is 0 Å². The summed E-state index contributed by atoms with van der Waals surface area (Å²) in [5.74, 6) is 0. The number of benzene rings is 2. The van der Waals surface area contributed by atoms with Crippen LogP contribution in [0.4, 0.5) is 0 Å². The molecule has 29 heavy (non-hydrogen) atoms. The molecule has 0 aliphatic rings. The van der Waals surface area contributed by atoms with Gasteiger partial charge < -0.3 is 24.8 Å². The van der Waals surface area contributed by atoms with Crippen LogP contribution in [0.15, 0.2) is 48.5 Å². The van der Waals surface area contributed by atoms with Crippen molar-refractivity contribution in [2.75, 3.05) is 6.16 Å². The van der Waals surface area contributed by atoms with Crippen LogP contribution in [0, 0.1) is 27.7 Å². The molecule has 4 heteroatoms. The summed E-state index contributed by atoms with van der Waals surface area (Å²) in [6, 6.07) is 18.9. The molecule has 0 aliphatic carbocycles. The van der Waals surface area contributed by atoms with E-state index < -0.39 is 0 Å². The third-order valence-corrected chi connectivity index (χ3v) is 8.34. The molecule has 0 N–H and O–H groups in total. The van der Waals surface area contributed by atoms with Crippen LogP contribution in [0.1, 0.15) is 35.6 Å². The van der Waals surface area contributed by atoms with Crippen molar-refractivity contribution in [1.82, 2.24) is 0 Å². The summed E-state index contributed by atoms with van der Waals surface area (Å²) in [5, 5.41) is 8.83. The minimum absolute atomic E-state index is 0. The molecule has 0 saturated carbocycles. The topological polar surface area (TPSA) is 0 Å². The summed E-state index contributed by atoms with van der Waals surface area (Å²) >= 11 is 0. The van der Waals surface area contributed by atoms with E-state index in [2.05, 4.69) is 83.1 Å². The maximum Gasteiger partial charge on any atom is 4.00 e. The van der Waals surface area contributed by atoms with Crippen molar-refractivity contribution in [3.8, 4) is 0 Å². The van der Waals surface area contributed by atoms with E-state index in [0.717, 1.165) is 0 Å². The van der Waals surface area contributed by atoms with E-state index in [1.54, 1.807) is 10.6 Å². The van der Waals surface area contributed by atoms with Crippen LogP contribution >= 0.6 is 7.92 Å². The monoisotopic (exact) mass is 476 g/mol. The molecule has 0 radical (unpaired) electrons. The van der Waals surface area contributed by atoms with Crippen molar-refractivity contribution >= 4 is 40.1 Å². The zero-order chi connectivity index (χ0) is 18.4. The van der Waals surface area contributed by atoms with Gasteiger partial charge in [0.05, 0.1) is 0 Å². The van der Waals surface area contributed by atoms with E-state index in [0.29, 0.717) is 0 Å². The molecule has 4 aromatic rings. The van der Waals surface area contributed by atoms with Crippen molar-refractivity contribution in [1.29, 1.82) is 0 Å². The molecule has 0 heterocycles. The van der Waals surface area contributed by atoms with Crippen LogP contribution in [-0.2, 0) is 21.7 Å². The van der Waals surface area contributed by atoms with Gasteiger partial charge in [-0.2, -0.15) is 12.1 Å². The molecule has 0 saturated heterocycles. The molecule has 0 amide bonds. The molecule has 0 nitrogen and oxygen atoms in total. The summed E-state index contributed by atoms with van der Waals surface area (Å²) in [4.78, 5) is 0. The number of fused-ring (bicyclic) bond motifs is 2. The quantitative estimate of drug-likeness (QED) is 0.229. The zero-order valence-corrected chi connectivity index (χ0v) is 21.7. The van der Waals surface area contributed by atoms with Crippen LogP contribution in [-0.4, -0.2) is 6.16 Å². The molecule has 150 valence electrons. The minimum Gasteiger partial charge on any atom is -1.00 e. The Labute approximate surface area is 203 Å². The molecular formula is C25H27Cl2PTi. The number of rotatable bonds is 4. The first-order valence-corrected chi connectivity index (χ1v) is 11.1. The second-order valence-electron chi connectivity index (χ2n) is 7.63. The van der Waals surface area contributed by atoms with Crippen LogP contribution in [0.3, 0.4) is 0 Å². The van der Waals surface area contributed by atoms with E-state index in [9.17, 15) is 0 Å². The van der Waals surface area contributed by atoms with E-state index in [1.807, 2.05) is 0 Å². The Bertz CT molecular complexity index is 943. The maximum absolute atomic E-state index is 2.47. The first kappa shape index (κ1) is 26.4. The standard InChI is InChI=1S/C25H27P.2ClH.Ti/c1-6-11-26(20-12-22-16(2)7-8-17(3)23(22)13-20)21-14-24-18(4)9-10-19(5)25(24)15-21;;;/h7-10,12-15H,6,11H2,1-5H3;2*1H;/q-2;;;+4/p-2. The zero-order valence-electron chi connectivity index (χ0n) is 17.7. The van der Waals surface area contributed by atoms with Gasteiger partial charge in [-0.15, -0.1) is 67.5 Å². The summed E-state index contributed by atoms with van der Waals surface area (Å²) in [6.07, 6.45) is 2.49. The van der Waals surface area contributed by atoms with E-state index >= 15 is 0 Å². The Hall–Kier alpha value is -0.616. The molecule has 0 aliphatic heterocycles. The van der Waals surface area contributed by atoms with E-state index in [4.69, 9.17) is 0 Å². The fourth-order valence-corrected chi connectivity index (χ4v) is 6.49. The molecule has 0 unspecified atom stereocenters. The molecular weight excluding hydrogens is 450 g/mol. The second-order valence-corrected chi connectivity index (χ2v) is 9.97. The van der Waals surface area contributed by atoms with Gasteiger partial charge in [-0.05, 0) is 20.0 Å². The third kappa shape index (κ3) is 4.84.